The molecule has 1 aromatic heterocycles. The average molecular weight is 334 g/mol. The summed E-state index contributed by atoms with van der Waals surface area (Å²) in [6.45, 7) is 2.20. The smallest absolute Gasteiger partial charge is 0.166 e. The second kappa shape index (κ2) is 8.88. The van der Waals surface area contributed by atoms with Gasteiger partial charge in [0.2, 0.25) is 0 Å². The van der Waals surface area contributed by atoms with E-state index in [4.69, 9.17) is 11.6 Å². The monoisotopic (exact) mass is 333 g/mol. The van der Waals surface area contributed by atoms with E-state index in [0.717, 1.165) is 12.8 Å². The van der Waals surface area contributed by atoms with Gasteiger partial charge in [0.05, 0.1) is 10.6 Å². The van der Waals surface area contributed by atoms with Gasteiger partial charge in [-0.25, -0.2) is 0 Å². The van der Waals surface area contributed by atoms with Gasteiger partial charge in [-0.15, -0.1) is 0 Å². The van der Waals surface area contributed by atoms with E-state index in [1.54, 1.807) is 24.4 Å². The van der Waals surface area contributed by atoms with Gasteiger partial charge < -0.3 is 5.11 Å². The van der Waals surface area contributed by atoms with Gasteiger partial charge in [0.15, 0.2) is 11.5 Å². The lowest BCUT2D eigenvalue weighted by molar-refractivity contribution is 0.0976. The van der Waals surface area contributed by atoms with Crippen molar-refractivity contribution in [2.24, 2.45) is 0 Å². The highest BCUT2D eigenvalue weighted by atomic mass is 35.5. The van der Waals surface area contributed by atoms with E-state index in [1.807, 2.05) is 0 Å². The van der Waals surface area contributed by atoms with E-state index in [2.05, 4.69) is 11.9 Å². The van der Waals surface area contributed by atoms with Gasteiger partial charge in [-0.2, -0.15) is 0 Å². The highest BCUT2D eigenvalue weighted by Gasteiger charge is 2.16. The van der Waals surface area contributed by atoms with E-state index in [9.17, 15) is 9.90 Å². The number of fused-ring (bicyclic) bond motifs is 1. The van der Waals surface area contributed by atoms with Crippen LogP contribution in [0, 0.1) is 0 Å². The summed E-state index contributed by atoms with van der Waals surface area (Å²) < 4.78 is 0. The molecule has 0 unspecified atom stereocenters. The molecule has 0 spiro atoms. The SMILES string of the molecule is CCCCCCCCCC(=O)c1cc(Cl)c2cccnc2c1O. The number of carbonyl (C=O) groups excluding carboxylic acids is 1. The number of nitrogens with zero attached hydrogens (tertiary/aromatic N) is 1. The van der Waals surface area contributed by atoms with Crippen LogP contribution in [0.3, 0.4) is 0 Å². The van der Waals surface area contributed by atoms with E-state index in [-0.39, 0.29) is 17.1 Å². The molecule has 3 nitrogen and oxygen atoms in total. The highest BCUT2D eigenvalue weighted by molar-refractivity contribution is 6.36. The third-order valence-corrected chi connectivity index (χ3v) is 4.44. The van der Waals surface area contributed by atoms with Gasteiger partial charge in [-0.1, -0.05) is 57.0 Å². The maximum atomic E-state index is 12.4. The summed E-state index contributed by atoms with van der Waals surface area (Å²) in [5, 5.41) is 11.4. The van der Waals surface area contributed by atoms with Crippen LogP contribution in [-0.4, -0.2) is 15.9 Å². The van der Waals surface area contributed by atoms with E-state index >= 15 is 0 Å². The number of phenolic OH excluding ortho intramolecular Hbond substituents is 1. The number of ketones is 1. The molecule has 2 rings (SSSR count). The normalized spacial score (nSPS) is 11.0. The van der Waals surface area contributed by atoms with Crippen LogP contribution in [0.4, 0.5) is 0 Å². The summed E-state index contributed by atoms with van der Waals surface area (Å²) in [5.74, 6) is -0.122. The molecule has 0 saturated heterocycles. The number of phenols is 1. The summed E-state index contributed by atoms with van der Waals surface area (Å²) in [5.41, 5.74) is 0.676. The number of aromatic nitrogens is 1. The Bertz CT molecular complexity index is 670. The van der Waals surface area contributed by atoms with Crippen molar-refractivity contribution >= 4 is 28.3 Å². The summed E-state index contributed by atoms with van der Waals surface area (Å²) in [4.78, 5) is 16.5. The van der Waals surface area contributed by atoms with Crippen molar-refractivity contribution in [3.63, 3.8) is 0 Å². The van der Waals surface area contributed by atoms with Crippen LogP contribution in [0.15, 0.2) is 24.4 Å². The molecule has 0 aliphatic heterocycles. The first-order valence-corrected chi connectivity index (χ1v) is 8.82. The molecule has 1 heterocycles. The van der Waals surface area contributed by atoms with Gasteiger partial charge in [0, 0.05) is 18.0 Å². The van der Waals surface area contributed by atoms with Crippen molar-refractivity contribution in [2.75, 3.05) is 0 Å². The lowest BCUT2D eigenvalue weighted by Gasteiger charge is -2.08. The van der Waals surface area contributed by atoms with Crippen molar-refractivity contribution in [3.05, 3.63) is 35.0 Å². The predicted octanol–water partition coefficient (Wildman–Crippen LogP) is 5.92. The number of benzene rings is 1. The molecule has 0 atom stereocenters. The highest BCUT2D eigenvalue weighted by Crippen LogP contribution is 2.33. The third-order valence-electron chi connectivity index (χ3n) is 4.12. The summed E-state index contributed by atoms with van der Waals surface area (Å²) in [7, 11) is 0. The number of hydrogen-bond donors (Lipinski definition) is 1. The lowest BCUT2D eigenvalue weighted by Crippen LogP contribution is -2.01. The Morgan fingerprint density at radius 1 is 1.17 bits per heavy atom. The van der Waals surface area contributed by atoms with Gasteiger partial charge in [-0.3, -0.25) is 9.78 Å². The molecule has 0 aliphatic carbocycles. The number of Topliss-reactive ketones (excluding diaryl/α,β-unsaturated/α-hetero) is 1. The minimum absolute atomic E-state index is 0.0575. The summed E-state index contributed by atoms with van der Waals surface area (Å²) in [6, 6.07) is 5.10. The van der Waals surface area contributed by atoms with Gasteiger partial charge in [0.25, 0.3) is 0 Å². The summed E-state index contributed by atoms with van der Waals surface area (Å²) in [6.07, 6.45) is 10.1. The minimum Gasteiger partial charge on any atom is -0.505 e. The van der Waals surface area contributed by atoms with E-state index in [0.29, 0.717) is 22.3 Å². The minimum atomic E-state index is -0.0643. The van der Waals surface area contributed by atoms with E-state index < -0.39 is 0 Å². The maximum Gasteiger partial charge on any atom is 0.166 e. The molecule has 1 N–H and O–H groups in total. The van der Waals surface area contributed by atoms with Crippen LogP contribution in [-0.2, 0) is 0 Å². The first kappa shape index (κ1) is 17.7. The number of hydrogen-bond acceptors (Lipinski definition) is 3. The fraction of sp³-hybridized carbons (Fsp3) is 0.474. The first-order chi connectivity index (χ1) is 11.1. The van der Waals surface area contributed by atoms with Crippen molar-refractivity contribution in [1.82, 2.24) is 4.98 Å². The fourth-order valence-electron chi connectivity index (χ4n) is 2.78. The number of halogens is 1. The molecule has 2 aromatic rings. The van der Waals surface area contributed by atoms with Gasteiger partial charge >= 0.3 is 0 Å². The zero-order valence-electron chi connectivity index (χ0n) is 13.6. The molecular weight excluding hydrogens is 310 g/mol. The van der Waals surface area contributed by atoms with Crippen LogP contribution < -0.4 is 0 Å². The Morgan fingerprint density at radius 2 is 1.87 bits per heavy atom. The Morgan fingerprint density at radius 3 is 2.61 bits per heavy atom. The van der Waals surface area contributed by atoms with Crippen molar-refractivity contribution in [3.8, 4) is 5.75 Å². The Labute approximate surface area is 142 Å². The Kier molecular flexibility index (Phi) is 6.85. The third kappa shape index (κ3) is 4.68. The second-order valence-electron chi connectivity index (χ2n) is 5.95. The van der Waals surface area contributed by atoms with Crippen LogP contribution in [0.25, 0.3) is 10.9 Å². The molecule has 0 amide bonds. The van der Waals surface area contributed by atoms with Gasteiger partial charge in [0.1, 0.15) is 5.52 Å². The molecule has 0 bridgehead atoms. The second-order valence-corrected chi connectivity index (χ2v) is 6.36. The Balaban J connectivity index is 1.95. The molecule has 124 valence electrons. The number of rotatable bonds is 9. The molecule has 1 aromatic carbocycles. The molecule has 23 heavy (non-hydrogen) atoms. The molecule has 0 radical (unpaired) electrons. The largest absolute Gasteiger partial charge is 0.505 e. The zero-order valence-corrected chi connectivity index (χ0v) is 14.4. The van der Waals surface area contributed by atoms with Crippen LogP contribution in [0.1, 0.15) is 68.6 Å². The number of pyridine rings is 1. The summed E-state index contributed by atoms with van der Waals surface area (Å²) >= 11 is 6.21. The van der Waals surface area contributed by atoms with Crippen molar-refractivity contribution in [2.45, 2.75) is 58.3 Å². The van der Waals surface area contributed by atoms with Crippen LogP contribution in [0.2, 0.25) is 5.02 Å². The molecule has 4 heteroatoms. The van der Waals surface area contributed by atoms with E-state index in [1.165, 1.54) is 32.1 Å². The fourth-order valence-corrected chi connectivity index (χ4v) is 3.04. The number of unbranched alkanes of at least 4 members (excludes halogenated alkanes) is 6. The van der Waals surface area contributed by atoms with Crippen LogP contribution in [0.5, 0.6) is 5.75 Å². The number of carbonyl (C=O) groups is 1. The molecule has 0 aliphatic rings. The molecule has 0 fully saturated rings. The predicted molar refractivity (Wildman–Crippen MR) is 95.4 cm³/mol. The van der Waals surface area contributed by atoms with Crippen molar-refractivity contribution < 1.29 is 9.90 Å². The molecular formula is C19H24ClNO2. The first-order valence-electron chi connectivity index (χ1n) is 8.44. The molecule has 0 saturated carbocycles. The Hall–Kier alpha value is -1.61. The quantitative estimate of drug-likeness (QED) is 0.458. The number of aromatic hydroxyl groups is 1. The van der Waals surface area contributed by atoms with Gasteiger partial charge in [-0.05, 0) is 24.6 Å². The average Bonchev–Trinajstić information content (AvgIpc) is 2.57. The van der Waals surface area contributed by atoms with Crippen LogP contribution >= 0.6 is 11.6 Å². The topological polar surface area (TPSA) is 50.2 Å². The standard InChI is InChI=1S/C19H24ClNO2/c1-2-3-4-5-6-7-8-11-17(22)15-13-16(20)14-10-9-12-21-18(14)19(15)23/h9-10,12-13,23H,2-8,11H2,1H3. The zero-order chi connectivity index (χ0) is 16.7. The maximum absolute atomic E-state index is 12.4. The van der Waals surface area contributed by atoms with Crippen molar-refractivity contribution in [1.29, 1.82) is 0 Å². The lowest BCUT2D eigenvalue weighted by atomic mass is 10.0.